The molecule has 1 saturated heterocycles. The Hall–Kier alpha value is -3.75. The van der Waals surface area contributed by atoms with E-state index in [1.807, 2.05) is 30.3 Å². The molecule has 0 bridgehead atoms. The maximum absolute atomic E-state index is 12.6. The van der Waals surface area contributed by atoms with Crippen molar-refractivity contribution in [3.05, 3.63) is 60.7 Å². The Bertz CT molecular complexity index is 992. The highest BCUT2D eigenvalue weighted by Gasteiger charge is 2.28. The fourth-order valence-electron chi connectivity index (χ4n) is 3.35. The second kappa shape index (κ2) is 9.17. The van der Waals surface area contributed by atoms with Crippen molar-refractivity contribution >= 4 is 17.6 Å². The predicted molar refractivity (Wildman–Crippen MR) is 109 cm³/mol. The van der Waals surface area contributed by atoms with Crippen LogP contribution in [0.5, 0.6) is 0 Å². The smallest absolute Gasteiger partial charge is 0.321 e. The molecular formula is C21H22N6O3. The van der Waals surface area contributed by atoms with Crippen LogP contribution in [0.2, 0.25) is 0 Å². The zero-order chi connectivity index (χ0) is 20.8. The van der Waals surface area contributed by atoms with Crippen LogP contribution >= 0.6 is 0 Å². The van der Waals surface area contributed by atoms with Gasteiger partial charge < -0.3 is 20.1 Å². The van der Waals surface area contributed by atoms with Gasteiger partial charge in [-0.2, -0.15) is 4.98 Å². The molecule has 1 aliphatic rings. The Morgan fingerprint density at radius 1 is 1.13 bits per heavy atom. The van der Waals surface area contributed by atoms with Crippen LogP contribution in [0.4, 0.5) is 10.5 Å². The first kappa shape index (κ1) is 19.6. The minimum absolute atomic E-state index is 0.129. The molecule has 1 aliphatic heterocycles. The topological polar surface area (TPSA) is 113 Å². The van der Waals surface area contributed by atoms with Gasteiger partial charge in [0, 0.05) is 36.7 Å². The number of nitrogens with zero attached hydrogens (tertiary/aromatic N) is 4. The number of carbonyl (C=O) groups excluding carboxylic acids is 2. The van der Waals surface area contributed by atoms with E-state index >= 15 is 0 Å². The molecule has 0 spiro atoms. The first-order chi connectivity index (χ1) is 14.7. The number of carbonyl (C=O) groups is 2. The Kier molecular flexibility index (Phi) is 5.98. The number of para-hydroxylation sites is 1. The summed E-state index contributed by atoms with van der Waals surface area (Å²) in [6, 6.07) is 12.6. The standard InChI is InChI=1S/C21H22N6O3/c28-20(23-13-18-25-19(26-30-18)15-8-10-22-11-9-15)16-5-4-12-27(14-16)21(29)24-17-6-2-1-3-7-17/h1-3,6-11,16H,4-5,12-14H2,(H,23,28)(H,24,29). The fourth-order valence-corrected chi connectivity index (χ4v) is 3.35. The van der Waals surface area contributed by atoms with E-state index < -0.39 is 0 Å². The maximum atomic E-state index is 12.6. The molecule has 3 heterocycles. The Morgan fingerprint density at radius 2 is 1.93 bits per heavy atom. The Balaban J connectivity index is 1.29. The van der Waals surface area contributed by atoms with Gasteiger partial charge in [-0.25, -0.2) is 4.79 Å². The molecule has 0 aliphatic carbocycles. The molecule has 1 fully saturated rings. The van der Waals surface area contributed by atoms with Crippen LogP contribution in [0.3, 0.4) is 0 Å². The molecule has 1 aromatic carbocycles. The normalized spacial score (nSPS) is 16.1. The molecule has 9 nitrogen and oxygen atoms in total. The van der Waals surface area contributed by atoms with Crippen molar-refractivity contribution in [2.75, 3.05) is 18.4 Å². The number of anilines is 1. The van der Waals surface area contributed by atoms with Gasteiger partial charge in [0.2, 0.25) is 17.6 Å². The lowest BCUT2D eigenvalue weighted by Crippen LogP contribution is -2.46. The molecule has 0 radical (unpaired) electrons. The van der Waals surface area contributed by atoms with Gasteiger partial charge in [0.25, 0.3) is 0 Å². The van der Waals surface area contributed by atoms with Crippen molar-refractivity contribution in [3.8, 4) is 11.4 Å². The van der Waals surface area contributed by atoms with Crippen molar-refractivity contribution < 1.29 is 14.1 Å². The summed E-state index contributed by atoms with van der Waals surface area (Å²) >= 11 is 0. The number of rotatable bonds is 5. The molecule has 0 saturated carbocycles. The number of amides is 3. The first-order valence-electron chi connectivity index (χ1n) is 9.81. The Morgan fingerprint density at radius 3 is 2.73 bits per heavy atom. The van der Waals surface area contributed by atoms with Crippen LogP contribution < -0.4 is 10.6 Å². The molecule has 3 amide bonds. The zero-order valence-electron chi connectivity index (χ0n) is 16.3. The number of benzene rings is 1. The molecule has 2 N–H and O–H groups in total. The van der Waals surface area contributed by atoms with Gasteiger partial charge in [-0.15, -0.1) is 0 Å². The second-order valence-corrected chi connectivity index (χ2v) is 7.05. The third-order valence-electron chi connectivity index (χ3n) is 4.92. The molecule has 3 aromatic rings. The van der Waals surface area contributed by atoms with Crippen LogP contribution in [0, 0.1) is 5.92 Å². The van der Waals surface area contributed by atoms with Crippen LogP contribution in [-0.4, -0.2) is 45.1 Å². The van der Waals surface area contributed by atoms with Gasteiger partial charge in [0.1, 0.15) is 0 Å². The van der Waals surface area contributed by atoms with Crippen molar-refractivity contribution in [3.63, 3.8) is 0 Å². The van der Waals surface area contributed by atoms with Gasteiger partial charge in [-0.3, -0.25) is 9.78 Å². The van der Waals surface area contributed by atoms with Gasteiger partial charge in [-0.1, -0.05) is 23.4 Å². The predicted octanol–water partition coefficient (Wildman–Crippen LogP) is 2.69. The largest absolute Gasteiger partial charge is 0.347 e. The highest BCUT2D eigenvalue weighted by Crippen LogP contribution is 2.19. The fraction of sp³-hybridized carbons (Fsp3) is 0.286. The van der Waals surface area contributed by atoms with Gasteiger partial charge >= 0.3 is 6.03 Å². The number of nitrogens with one attached hydrogen (secondary N) is 2. The summed E-state index contributed by atoms with van der Waals surface area (Å²) in [6.07, 6.45) is 4.80. The summed E-state index contributed by atoms with van der Waals surface area (Å²) in [7, 11) is 0. The third kappa shape index (κ3) is 4.80. The van der Waals surface area contributed by atoms with E-state index in [0.717, 1.165) is 24.1 Å². The number of aromatic nitrogens is 3. The molecular weight excluding hydrogens is 384 g/mol. The lowest BCUT2D eigenvalue weighted by molar-refractivity contribution is -0.126. The summed E-state index contributed by atoms with van der Waals surface area (Å²) < 4.78 is 5.21. The van der Waals surface area contributed by atoms with Gasteiger partial charge in [0.15, 0.2) is 0 Å². The minimum Gasteiger partial charge on any atom is -0.347 e. The highest BCUT2D eigenvalue weighted by molar-refractivity contribution is 5.90. The number of pyridine rings is 1. The summed E-state index contributed by atoms with van der Waals surface area (Å²) in [5.41, 5.74) is 1.52. The van der Waals surface area contributed by atoms with Crippen molar-refractivity contribution in [2.45, 2.75) is 19.4 Å². The molecule has 1 atom stereocenters. The van der Waals surface area contributed by atoms with E-state index in [1.165, 1.54) is 0 Å². The number of hydrogen-bond donors (Lipinski definition) is 2. The van der Waals surface area contributed by atoms with Crippen molar-refractivity contribution in [2.24, 2.45) is 5.92 Å². The molecule has 2 aromatic heterocycles. The highest BCUT2D eigenvalue weighted by atomic mass is 16.5. The number of hydrogen-bond acceptors (Lipinski definition) is 6. The van der Waals surface area contributed by atoms with Gasteiger partial charge in [-0.05, 0) is 37.1 Å². The summed E-state index contributed by atoms with van der Waals surface area (Å²) in [5.74, 6) is 0.367. The summed E-state index contributed by atoms with van der Waals surface area (Å²) in [6.45, 7) is 1.14. The molecule has 4 rings (SSSR count). The van der Waals surface area contributed by atoms with Crippen molar-refractivity contribution in [1.29, 1.82) is 0 Å². The van der Waals surface area contributed by atoms with Crippen LogP contribution in [-0.2, 0) is 11.3 Å². The van der Waals surface area contributed by atoms with E-state index in [0.29, 0.717) is 24.8 Å². The van der Waals surface area contributed by atoms with Crippen molar-refractivity contribution in [1.82, 2.24) is 25.3 Å². The molecule has 9 heteroatoms. The number of likely N-dealkylation sites (tertiary alicyclic amines) is 1. The molecule has 1 unspecified atom stereocenters. The summed E-state index contributed by atoms with van der Waals surface area (Å²) in [4.78, 5) is 35.0. The van der Waals surface area contributed by atoms with Gasteiger partial charge in [0.05, 0.1) is 12.5 Å². The second-order valence-electron chi connectivity index (χ2n) is 7.05. The van der Waals surface area contributed by atoms with Crippen LogP contribution in [0.15, 0.2) is 59.4 Å². The lowest BCUT2D eigenvalue weighted by atomic mass is 9.97. The molecule has 30 heavy (non-hydrogen) atoms. The first-order valence-corrected chi connectivity index (χ1v) is 9.81. The Labute approximate surface area is 173 Å². The monoisotopic (exact) mass is 406 g/mol. The van der Waals surface area contributed by atoms with E-state index in [2.05, 4.69) is 25.8 Å². The van der Waals surface area contributed by atoms with Crippen LogP contribution in [0.25, 0.3) is 11.4 Å². The third-order valence-corrected chi connectivity index (χ3v) is 4.92. The van der Waals surface area contributed by atoms with E-state index in [9.17, 15) is 9.59 Å². The van der Waals surface area contributed by atoms with E-state index in [1.54, 1.807) is 29.4 Å². The maximum Gasteiger partial charge on any atom is 0.321 e. The quantitative estimate of drug-likeness (QED) is 0.674. The lowest BCUT2D eigenvalue weighted by Gasteiger charge is -2.32. The van der Waals surface area contributed by atoms with E-state index in [4.69, 9.17) is 4.52 Å². The minimum atomic E-state index is -0.275. The summed E-state index contributed by atoms with van der Waals surface area (Å²) in [5, 5.41) is 9.63. The van der Waals surface area contributed by atoms with E-state index in [-0.39, 0.29) is 24.4 Å². The number of piperidine rings is 1. The average Bonchev–Trinajstić information content (AvgIpc) is 3.28. The SMILES string of the molecule is O=C(NCc1nc(-c2ccncc2)no1)C1CCCN(C(=O)Nc2ccccc2)C1. The zero-order valence-corrected chi connectivity index (χ0v) is 16.3. The van der Waals surface area contributed by atoms with Crippen LogP contribution in [0.1, 0.15) is 18.7 Å². The molecule has 154 valence electrons. The average molecular weight is 406 g/mol. The number of urea groups is 1.